The van der Waals surface area contributed by atoms with E-state index >= 15 is 0 Å². The quantitative estimate of drug-likeness (QED) is 0.818. The number of nitrogens with one attached hydrogen (secondary N) is 1. The van der Waals surface area contributed by atoms with E-state index in [4.69, 9.17) is 0 Å². The van der Waals surface area contributed by atoms with E-state index in [9.17, 15) is 9.59 Å². The van der Waals surface area contributed by atoms with E-state index < -0.39 is 0 Å². The number of benzene rings is 1. The predicted molar refractivity (Wildman–Crippen MR) is 67.8 cm³/mol. The van der Waals surface area contributed by atoms with Crippen molar-refractivity contribution < 1.29 is 9.59 Å². The Hall–Kier alpha value is -1.84. The Morgan fingerprint density at radius 3 is 2.72 bits per heavy atom. The van der Waals surface area contributed by atoms with Crippen molar-refractivity contribution in [3.05, 3.63) is 29.8 Å². The van der Waals surface area contributed by atoms with Crippen LogP contribution in [-0.4, -0.2) is 23.3 Å². The zero-order chi connectivity index (χ0) is 12.5. The summed E-state index contributed by atoms with van der Waals surface area (Å²) in [6.45, 7) is 0.703. The van der Waals surface area contributed by atoms with Crippen LogP contribution in [0.2, 0.25) is 0 Å². The highest BCUT2D eigenvalue weighted by atomic mass is 16.2. The minimum Gasteiger partial charge on any atom is -0.329 e. The van der Waals surface area contributed by atoms with Gasteiger partial charge in [-0.15, -0.1) is 0 Å². The van der Waals surface area contributed by atoms with Crippen LogP contribution in [-0.2, 0) is 16.1 Å². The average Bonchev–Trinajstić information content (AvgIpc) is 2.44. The van der Waals surface area contributed by atoms with Crippen LogP contribution in [0.15, 0.2) is 24.3 Å². The molecule has 1 N–H and O–H groups in total. The molecule has 1 aromatic rings. The van der Waals surface area contributed by atoms with Crippen molar-refractivity contribution in [2.75, 3.05) is 11.9 Å². The van der Waals surface area contributed by atoms with Gasteiger partial charge in [-0.2, -0.15) is 0 Å². The molecule has 1 aromatic carbocycles. The maximum atomic E-state index is 12.2. The lowest BCUT2D eigenvalue weighted by atomic mass is 9.84. The summed E-state index contributed by atoms with van der Waals surface area (Å²) in [7, 11) is 0. The van der Waals surface area contributed by atoms with Crippen LogP contribution >= 0.6 is 0 Å². The van der Waals surface area contributed by atoms with Crippen molar-refractivity contribution >= 4 is 17.5 Å². The number of amides is 2. The van der Waals surface area contributed by atoms with E-state index in [0.717, 1.165) is 30.5 Å². The molecule has 1 heterocycles. The topological polar surface area (TPSA) is 49.4 Å². The molecule has 2 amide bonds. The molecule has 18 heavy (non-hydrogen) atoms. The SMILES string of the molecule is O=C1CN(C(=O)C2CCC2)Cc2ccccc2N1. The highest BCUT2D eigenvalue weighted by Crippen LogP contribution is 2.30. The number of anilines is 1. The number of fused-ring (bicyclic) bond motifs is 1. The monoisotopic (exact) mass is 244 g/mol. The first kappa shape index (κ1) is 11.3. The summed E-state index contributed by atoms with van der Waals surface area (Å²) >= 11 is 0. The summed E-state index contributed by atoms with van der Waals surface area (Å²) in [6.07, 6.45) is 3.07. The first-order valence-electron chi connectivity index (χ1n) is 6.40. The van der Waals surface area contributed by atoms with Crippen molar-refractivity contribution in [3.63, 3.8) is 0 Å². The lowest BCUT2D eigenvalue weighted by molar-refractivity contribution is -0.141. The molecule has 0 spiro atoms. The number of nitrogens with zero attached hydrogens (tertiary/aromatic N) is 1. The third-order valence-electron chi connectivity index (χ3n) is 3.75. The largest absolute Gasteiger partial charge is 0.329 e. The minimum atomic E-state index is -0.104. The Kier molecular flexibility index (Phi) is 2.78. The van der Waals surface area contributed by atoms with Crippen LogP contribution in [0.1, 0.15) is 24.8 Å². The molecule has 3 rings (SSSR count). The molecule has 0 bridgehead atoms. The molecule has 94 valence electrons. The Morgan fingerprint density at radius 2 is 2.00 bits per heavy atom. The van der Waals surface area contributed by atoms with E-state index in [2.05, 4.69) is 5.32 Å². The third kappa shape index (κ3) is 1.98. The molecule has 4 nitrogen and oxygen atoms in total. The second-order valence-electron chi connectivity index (χ2n) is 5.03. The zero-order valence-electron chi connectivity index (χ0n) is 10.2. The van der Waals surface area contributed by atoms with E-state index in [1.807, 2.05) is 24.3 Å². The predicted octanol–water partition coefficient (Wildman–Crippen LogP) is 1.77. The molecule has 2 aliphatic rings. The molecular formula is C14H16N2O2. The molecule has 4 heteroatoms. The maximum Gasteiger partial charge on any atom is 0.244 e. The minimum absolute atomic E-state index is 0.104. The smallest absolute Gasteiger partial charge is 0.244 e. The van der Waals surface area contributed by atoms with E-state index in [1.165, 1.54) is 0 Å². The fourth-order valence-corrected chi connectivity index (χ4v) is 2.47. The summed E-state index contributed by atoms with van der Waals surface area (Å²) in [5, 5.41) is 2.85. The van der Waals surface area contributed by atoms with Crippen molar-refractivity contribution in [1.82, 2.24) is 4.90 Å². The standard InChI is InChI=1S/C14H16N2O2/c17-13-9-16(14(18)10-5-3-6-10)8-11-4-1-2-7-12(11)15-13/h1-2,4,7,10H,3,5-6,8-9H2,(H,15,17). The van der Waals surface area contributed by atoms with E-state index in [-0.39, 0.29) is 24.3 Å². The molecule has 0 unspecified atom stereocenters. The third-order valence-corrected chi connectivity index (χ3v) is 3.75. The Labute approximate surface area is 106 Å². The summed E-state index contributed by atoms with van der Waals surface area (Å²) in [5.41, 5.74) is 1.84. The Morgan fingerprint density at radius 1 is 1.22 bits per heavy atom. The van der Waals surface area contributed by atoms with Crippen LogP contribution in [0, 0.1) is 5.92 Å². The van der Waals surface area contributed by atoms with Crippen molar-refractivity contribution in [1.29, 1.82) is 0 Å². The van der Waals surface area contributed by atoms with Gasteiger partial charge >= 0.3 is 0 Å². The maximum absolute atomic E-state index is 12.2. The summed E-state index contributed by atoms with van der Waals surface area (Å²) in [4.78, 5) is 25.7. The number of hydrogen-bond acceptors (Lipinski definition) is 2. The first-order valence-corrected chi connectivity index (χ1v) is 6.40. The van der Waals surface area contributed by atoms with Crippen molar-refractivity contribution in [2.45, 2.75) is 25.8 Å². The van der Waals surface area contributed by atoms with E-state index in [1.54, 1.807) is 4.90 Å². The molecule has 0 aromatic heterocycles. The van der Waals surface area contributed by atoms with Gasteiger partial charge in [-0.25, -0.2) is 0 Å². The van der Waals surface area contributed by atoms with Gasteiger partial charge in [-0.1, -0.05) is 24.6 Å². The molecule has 1 aliphatic carbocycles. The summed E-state index contributed by atoms with van der Waals surface area (Å²) < 4.78 is 0. The fourth-order valence-electron chi connectivity index (χ4n) is 2.47. The second kappa shape index (κ2) is 4.44. The van der Waals surface area contributed by atoms with Gasteiger partial charge in [0.2, 0.25) is 11.8 Å². The lowest BCUT2D eigenvalue weighted by Gasteiger charge is -2.30. The van der Waals surface area contributed by atoms with Gasteiger partial charge in [0.05, 0.1) is 0 Å². The van der Waals surface area contributed by atoms with E-state index in [0.29, 0.717) is 6.54 Å². The van der Waals surface area contributed by atoms with Gasteiger partial charge < -0.3 is 10.2 Å². The number of para-hydroxylation sites is 1. The molecule has 0 atom stereocenters. The normalized spacial score (nSPS) is 19.6. The van der Waals surface area contributed by atoms with Gasteiger partial charge in [0.15, 0.2) is 0 Å². The molecular weight excluding hydrogens is 228 g/mol. The Balaban J connectivity index is 1.84. The highest BCUT2D eigenvalue weighted by molar-refractivity contribution is 5.96. The number of carbonyl (C=O) groups excluding carboxylic acids is 2. The number of rotatable bonds is 1. The highest BCUT2D eigenvalue weighted by Gasteiger charge is 2.31. The Bertz CT molecular complexity index is 494. The second-order valence-corrected chi connectivity index (χ2v) is 5.03. The summed E-state index contributed by atoms with van der Waals surface area (Å²) in [5.74, 6) is 0.170. The zero-order valence-corrected chi connectivity index (χ0v) is 10.2. The fraction of sp³-hybridized carbons (Fsp3) is 0.429. The lowest BCUT2D eigenvalue weighted by Crippen LogP contribution is -2.41. The van der Waals surface area contributed by atoms with Crippen LogP contribution < -0.4 is 5.32 Å². The van der Waals surface area contributed by atoms with Gasteiger partial charge in [0.25, 0.3) is 0 Å². The van der Waals surface area contributed by atoms with Gasteiger partial charge in [-0.05, 0) is 24.5 Å². The first-order chi connectivity index (χ1) is 8.74. The van der Waals surface area contributed by atoms with Crippen LogP contribution in [0.4, 0.5) is 5.69 Å². The molecule has 1 fully saturated rings. The molecule has 0 radical (unpaired) electrons. The van der Waals surface area contributed by atoms with Crippen molar-refractivity contribution in [2.24, 2.45) is 5.92 Å². The van der Waals surface area contributed by atoms with Gasteiger partial charge in [0, 0.05) is 18.2 Å². The molecule has 1 saturated carbocycles. The van der Waals surface area contributed by atoms with Crippen molar-refractivity contribution in [3.8, 4) is 0 Å². The van der Waals surface area contributed by atoms with Crippen LogP contribution in [0.25, 0.3) is 0 Å². The molecule has 1 aliphatic heterocycles. The number of carbonyl (C=O) groups is 2. The number of hydrogen-bond donors (Lipinski definition) is 1. The summed E-state index contributed by atoms with van der Waals surface area (Å²) in [6, 6.07) is 7.66. The van der Waals surface area contributed by atoms with Gasteiger partial charge in [0.1, 0.15) is 6.54 Å². The van der Waals surface area contributed by atoms with Gasteiger partial charge in [-0.3, -0.25) is 9.59 Å². The van der Waals surface area contributed by atoms with Crippen LogP contribution in [0.3, 0.4) is 0 Å². The average molecular weight is 244 g/mol. The molecule has 0 saturated heterocycles. The van der Waals surface area contributed by atoms with Crippen LogP contribution in [0.5, 0.6) is 0 Å².